The molecular formula is C17H21F3N4OS. The van der Waals surface area contributed by atoms with Gasteiger partial charge in [0.15, 0.2) is 5.69 Å². The molecule has 5 nitrogen and oxygen atoms in total. The van der Waals surface area contributed by atoms with Gasteiger partial charge in [-0.05, 0) is 32.3 Å². The number of piperidine rings is 1. The third-order valence-electron chi connectivity index (χ3n) is 4.69. The van der Waals surface area contributed by atoms with Crippen molar-refractivity contribution in [1.82, 2.24) is 19.7 Å². The molecule has 0 spiro atoms. The second-order valence-corrected chi connectivity index (χ2v) is 7.40. The number of hydrogen-bond donors (Lipinski definition) is 0. The molecule has 2 aromatic rings. The Labute approximate surface area is 153 Å². The topological polar surface area (TPSA) is 51.0 Å². The van der Waals surface area contributed by atoms with Crippen LogP contribution in [0.2, 0.25) is 0 Å². The van der Waals surface area contributed by atoms with Crippen LogP contribution in [0.25, 0.3) is 0 Å². The van der Waals surface area contributed by atoms with E-state index in [2.05, 4.69) is 22.4 Å². The minimum atomic E-state index is -4.50. The van der Waals surface area contributed by atoms with Crippen molar-refractivity contribution in [2.45, 2.75) is 51.7 Å². The van der Waals surface area contributed by atoms with Gasteiger partial charge in [-0.1, -0.05) is 6.92 Å². The van der Waals surface area contributed by atoms with E-state index >= 15 is 0 Å². The van der Waals surface area contributed by atoms with Crippen LogP contribution in [0.3, 0.4) is 0 Å². The molecule has 0 unspecified atom stereocenters. The van der Waals surface area contributed by atoms with Crippen molar-refractivity contribution in [2.24, 2.45) is 0 Å². The molecule has 2 aromatic heterocycles. The van der Waals surface area contributed by atoms with Gasteiger partial charge >= 0.3 is 6.18 Å². The Morgan fingerprint density at radius 3 is 2.58 bits per heavy atom. The Morgan fingerprint density at radius 2 is 2.04 bits per heavy atom. The van der Waals surface area contributed by atoms with Gasteiger partial charge in [-0.25, -0.2) is 4.98 Å². The van der Waals surface area contributed by atoms with Crippen LogP contribution in [0.5, 0.6) is 0 Å². The van der Waals surface area contributed by atoms with E-state index in [0.717, 1.165) is 40.7 Å². The summed E-state index contributed by atoms with van der Waals surface area (Å²) >= 11 is 1.66. The summed E-state index contributed by atoms with van der Waals surface area (Å²) in [5, 5.41) is 6.72. The fourth-order valence-corrected chi connectivity index (χ4v) is 4.16. The fourth-order valence-electron chi connectivity index (χ4n) is 3.09. The summed E-state index contributed by atoms with van der Waals surface area (Å²) in [6.07, 6.45) is -1.93. The Morgan fingerprint density at radius 1 is 1.35 bits per heavy atom. The van der Waals surface area contributed by atoms with Crippen molar-refractivity contribution in [1.29, 1.82) is 0 Å². The largest absolute Gasteiger partial charge is 0.435 e. The van der Waals surface area contributed by atoms with E-state index in [9.17, 15) is 18.0 Å². The molecule has 0 radical (unpaired) electrons. The number of carbonyl (C=O) groups excluding carboxylic acids is 1. The van der Waals surface area contributed by atoms with Gasteiger partial charge in [-0.2, -0.15) is 18.3 Å². The maximum absolute atomic E-state index is 12.7. The first-order chi connectivity index (χ1) is 12.3. The fraction of sp³-hybridized carbons (Fsp3) is 0.588. The zero-order valence-corrected chi connectivity index (χ0v) is 15.5. The van der Waals surface area contributed by atoms with Crippen LogP contribution < -0.4 is 0 Å². The normalized spacial score (nSPS) is 16.3. The molecule has 0 aromatic carbocycles. The van der Waals surface area contributed by atoms with Crippen LogP contribution in [0.1, 0.15) is 47.8 Å². The van der Waals surface area contributed by atoms with Crippen LogP contribution >= 0.6 is 11.3 Å². The first-order valence-corrected chi connectivity index (χ1v) is 9.49. The number of carbonyl (C=O) groups is 1. The van der Waals surface area contributed by atoms with E-state index in [0.29, 0.717) is 24.7 Å². The third-order valence-corrected chi connectivity index (χ3v) is 5.74. The van der Waals surface area contributed by atoms with Crippen LogP contribution in [0.15, 0.2) is 11.4 Å². The summed E-state index contributed by atoms with van der Waals surface area (Å²) in [7, 11) is 0. The zero-order valence-electron chi connectivity index (χ0n) is 14.7. The van der Waals surface area contributed by atoms with E-state index in [-0.39, 0.29) is 12.5 Å². The van der Waals surface area contributed by atoms with E-state index in [1.54, 1.807) is 16.2 Å². The average molecular weight is 386 g/mol. The second kappa shape index (κ2) is 7.38. The maximum atomic E-state index is 12.7. The smallest absolute Gasteiger partial charge is 0.341 e. The lowest BCUT2D eigenvalue weighted by molar-refractivity contribution is -0.142. The SMILES string of the molecule is CCc1csc(C2CCN(C(=O)Cn3nc(C(F)(F)F)cc3C)CC2)n1. The molecule has 0 aliphatic carbocycles. The highest BCUT2D eigenvalue weighted by Gasteiger charge is 2.35. The van der Waals surface area contributed by atoms with Crippen molar-refractivity contribution < 1.29 is 18.0 Å². The number of likely N-dealkylation sites (tertiary alicyclic amines) is 1. The van der Waals surface area contributed by atoms with Gasteiger partial charge in [0.05, 0.1) is 10.7 Å². The highest BCUT2D eigenvalue weighted by Crippen LogP contribution is 2.31. The Hall–Kier alpha value is -1.90. The van der Waals surface area contributed by atoms with Crippen LogP contribution in [0, 0.1) is 6.92 Å². The number of alkyl halides is 3. The third kappa shape index (κ3) is 4.08. The van der Waals surface area contributed by atoms with Gasteiger partial charge in [0.2, 0.25) is 5.91 Å². The van der Waals surface area contributed by atoms with Crippen molar-refractivity contribution in [3.63, 3.8) is 0 Å². The predicted molar refractivity (Wildman–Crippen MR) is 92.0 cm³/mol. The number of hydrogen-bond acceptors (Lipinski definition) is 4. The Balaban J connectivity index is 1.58. The van der Waals surface area contributed by atoms with Gasteiger partial charge in [0, 0.05) is 30.1 Å². The van der Waals surface area contributed by atoms with Gasteiger partial charge in [-0.3, -0.25) is 9.48 Å². The summed E-state index contributed by atoms with van der Waals surface area (Å²) in [6.45, 7) is 4.62. The van der Waals surface area contributed by atoms with Gasteiger partial charge in [0.1, 0.15) is 6.54 Å². The molecule has 142 valence electrons. The second-order valence-electron chi connectivity index (χ2n) is 6.51. The monoisotopic (exact) mass is 386 g/mol. The summed E-state index contributed by atoms with van der Waals surface area (Å²) in [4.78, 5) is 18.8. The number of halogens is 3. The molecule has 0 bridgehead atoms. The van der Waals surface area contributed by atoms with E-state index in [1.165, 1.54) is 6.92 Å². The molecule has 0 saturated carbocycles. The van der Waals surface area contributed by atoms with Crippen molar-refractivity contribution in [3.05, 3.63) is 33.5 Å². The number of rotatable bonds is 4. The molecule has 0 N–H and O–H groups in total. The number of thiazole rings is 1. The Kier molecular flexibility index (Phi) is 5.36. The number of amides is 1. The first kappa shape index (κ1) is 18.9. The number of nitrogens with zero attached hydrogens (tertiary/aromatic N) is 4. The van der Waals surface area contributed by atoms with Crippen molar-refractivity contribution in [2.75, 3.05) is 13.1 Å². The molecule has 1 amide bonds. The summed E-state index contributed by atoms with van der Waals surface area (Å²) in [6, 6.07) is 0.966. The van der Waals surface area contributed by atoms with Crippen LogP contribution in [-0.4, -0.2) is 38.7 Å². The molecular weight excluding hydrogens is 365 g/mol. The van der Waals surface area contributed by atoms with Crippen LogP contribution in [0.4, 0.5) is 13.2 Å². The van der Waals surface area contributed by atoms with E-state index in [1.807, 2.05) is 0 Å². The molecule has 0 atom stereocenters. The van der Waals surface area contributed by atoms with Gasteiger partial charge < -0.3 is 4.90 Å². The first-order valence-electron chi connectivity index (χ1n) is 8.61. The predicted octanol–water partition coefficient (Wildman–Crippen LogP) is 3.64. The summed E-state index contributed by atoms with van der Waals surface area (Å²) in [5.74, 6) is 0.157. The standard InChI is InChI=1S/C17H21F3N4OS/c1-3-13-10-26-16(21-13)12-4-6-23(7-5-12)15(25)9-24-11(2)8-14(22-24)17(18,19)20/h8,10,12H,3-7,9H2,1-2H3. The molecule has 1 fully saturated rings. The molecule has 9 heteroatoms. The minimum absolute atomic E-state index is 0.163. The lowest BCUT2D eigenvalue weighted by Crippen LogP contribution is -2.40. The van der Waals surface area contributed by atoms with Crippen molar-refractivity contribution in [3.8, 4) is 0 Å². The lowest BCUT2D eigenvalue weighted by atomic mass is 9.97. The highest BCUT2D eigenvalue weighted by atomic mass is 32.1. The maximum Gasteiger partial charge on any atom is 0.435 e. The highest BCUT2D eigenvalue weighted by molar-refractivity contribution is 7.09. The van der Waals surface area contributed by atoms with Gasteiger partial charge in [-0.15, -0.1) is 11.3 Å². The minimum Gasteiger partial charge on any atom is -0.341 e. The molecule has 1 aliphatic rings. The molecule has 26 heavy (non-hydrogen) atoms. The quantitative estimate of drug-likeness (QED) is 0.806. The summed E-state index contributed by atoms with van der Waals surface area (Å²) < 4.78 is 39.3. The summed E-state index contributed by atoms with van der Waals surface area (Å²) in [5.41, 5.74) is 0.464. The zero-order chi connectivity index (χ0) is 18.9. The van der Waals surface area contributed by atoms with E-state index in [4.69, 9.17) is 0 Å². The lowest BCUT2D eigenvalue weighted by Gasteiger charge is -2.31. The van der Waals surface area contributed by atoms with Crippen LogP contribution in [-0.2, 0) is 23.9 Å². The van der Waals surface area contributed by atoms with Crippen molar-refractivity contribution >= 4 is 17.2 Å². The van der Waals surface area contributed by atoms with Gasteiger partial charge in [0.25, 0.3) is 0 Å². The molecule has 1 saturated heterocycles. The van der Waals surface area contributed by atoms with E-state index < -0.39 is 11.9 Å². The molecule has 3 heterocycles. The number of aryl methyl sites for hydroxylation is 2. The molecule has 1 aliphatic heterocycles. The molecule has 3 rings (SSSR count). The number of aromatic nitrogens is 3. The Bertz CT molecular complexity index is 775. The average Bonchev–Trinajstić information content (AvgIpc) is 3.22.